The summed E-state index contributed by atoms with van der Waals surface area (Å²) in [6, 6.07) is 13.9. The molecule has 0 spiro atoms. The zero-order valence-corrected chi connectivity index (χ0v) is 16.2. The minimum absolute atomic E-state index is 0.101. The van der Waals surface area contributed by atoms with Gasteiger partial charge in [-0.3, -0.25) is 4.79 Å². The molecule has 2 N–H and O–H groups in total. The lowest BCUT2D eigenvalue weighted by atomic mass is 10.0. The number of halogens is 1. The number of hydrogen-bond acceptors (Lipinski definition) is 2. The average Bonchev–Trinajstić information content (AvgIpc) is 2.69. The Hall–Kier alpha value is -2.47. The largest absolute Gasteiger partial charge is 0.349 e. The van der Waals surface area contributed by atoms with Crippen LogP contribution in [0.25, 0.3) is 0 Å². The van der Waals surface area contributed by atoms with E-state index in [0.717, 1.165) is 43.2 Å². The molecule has 27 heavy (non-hydrogen) atoms. The summed E-state index contributed by atoms with van der Waals surface area (Å²) in [7, 11) is 0. The number of carbonyl (C=O) groups excluding carboxylic acids is 1. The van der Waals surface area contributed by atoms with Crippen LogP contribution in [0.15, 0.2) is 48.5 Å². The third kappa shape index (κ3) is 5.04. The van der Waals surface area contributed by atoms with Gasteiger partial charge in [-0.05, 0) is 67.4 Å². The van der Waals surface area contributed by atoms with Crippen molar-refractivity contribution >= 4 is 28.9 Å². The number of hydrogen-bond donors (Lipinski definition) is 2. The van der Waals surface area contributed by atoms with Crippen LogP contribution in [0.5, 0.6) is 0 Å². The number of carbonyl (C=O) groups is 1. The van der Waals surface area contributed by atoms with Crippen LogP contribution < -0.4 is 10.6 Å². The second kappa shape index (κ2) is 8.95. The first kappa shape index (κ1) is 19.3. The Balaban J connectivity index is 1.50. The molecule has 2 aromatic carbocycles. The molecular weight excluding hydrogens is 361 g/mol. The summed E-state index contributed by atoms with van der Waals surface area (Å²) in [4.78, 5) is 14.4. The molecule has 1 aliphatic rings. The van der Waals surface area contributed by atoms with Gasteiger partial charge >= 0.3 is 0 Å². The quantitative estimate of drug-likeness (QED) is 0.782. The normalized spacial score (nSPS) is 14.7. The molecule has 0 aromatic heterocycles. The van der Waals surface area contributed by atoms with Crippen LogP contribution in [-0.4, -0.2) is 35.1 Å². The van der Waals surface area contributed by atoms with Gasteiger partial charge in [0.05, 0.1) is 0 Å². The maximum absolute atomic E-state index is 13.0. The Bertz CT molecular complexity index is 801. The van der Waals surface area contributed by atoms with Crippen LogP contribution >= 0.6 is 12.2 Å². The molecule has 4 nitrogen and oxygen atoms in total. The van der Waals surface area contributed by atoms with E-state index < -0.39 is 0 Å². The van der Waals surface area contributed by atoms with Gasteiger partial charge in [0.1, 0.15) is 5.82 Å². The molecule has 6 heteroatoms. The minimum atomic E-state index is -0.342. The van der Waals surface area contributed by atoms with Gasteiger partial charge in [0.2, 0.25) is 0 Å². The summed E-state index contributed by atoms with van der Waals surface area (Å²) in [5.41, 5.74) is 2.77. The SMILES string of the molecule is CCc1ccccc1NC(=S)N1CCC(NC(=O)c2ccc(F)cc2)CC1. The third-order valence-electron chi connectivity index (χ3n) is 4.86. The fourth-order valence-corrected chi connectivity index (χ4v) is 3.53. The number of piperidine rings is 1. The van der Waals surface area contributed by atoms with Crippen LogP contribution in [0.3, 0.4) is 0 Å². The Morgan fingerprint density at radius 1 is 1.15 bits per heavy atom. The number of benzene rings is 2. The van der Waals surface area contributed by atoms with Gasteiger partial charge < -0.3 is 15.5 Å². The smallest absolute Gasteiger partial charge is 0.251 e. The van der Waals surface area contributed by atoms with E-state index in [1.54, 1.807) is 0 Å². The van der Waals surface area contributed by atoms with Crippen molar-refractivity contribution in [3.05, 3.63) is 65.5 Å². The van der Waals surface area contributed by atoms with Gasteiger partial charge in [-0.1, -0.05) is 25.1 Å². The number of amides is 1. The molecule has 0 unspecified atom stereocenters. The molecule has 1 aliphatic heterocycles. The molecule has 0 aliphatic carbocycles. The molecule has 1 saturated heterocycles. The van der Waals surface area contributed by atoms with Crippen LogP contribution in [0, 0.1) is 5.82 Å². The average molecular weight is 386 g/mol. The summed E-state index contributed by atoms with van der Waals surface area (Å²) >= 11 is 5.57. The number of anilines is 1. The fraction of sp³-hybridized carbons (Fsp3) is 0.333. The zero-order chi connectivity index (χ0) is 19.2. The maximum atomic E-state index is 13.0. The highest BCUT2D eigenvalue weighted by Gasteiger charge is 2.23. The zero-order valence-electron chi connectivity index (χ0n) is 15.4. The van der Waals surface area contributed by atoms with Crippen LogP contribution in [0.4, 0.5) is 10.1 Å². The molecule has 1 heterocycles. The summed E-state index contributed by atoms with van der Waals surface area (Å²) in [5, 5.41) is 7.10. The monoisotopic (exact) mass is 385 g/mol. The number of nitrogens with one attached hydrogen (secondary N) is 2. The Morgan fingerprint density at radius 3 is 2.48 bits per heavy atom. The summed E-state index contributed by atoms with van der Waals surface area (Å²) in [5.74, 6) is -0.503. The number of thiocarbonyl (C=S) groups is 1. The second-order valence-electron chi connectivity index (χ2n) is 6.68. The van der Waals surface area contributed by atoms with E-state index in [1.807, 2.05) is 18.2 Å². The highest BCUT2D eigenvalue weighted by atomic mass is 32.1. The molecule has 0 saturated carbocycles. The van der Waals surface area contributed by atoms with Crippen molar-refractivity contribution in [2.75, 3.05) is 18.4 Å². The molecule has 142 valence electrons. The van der Waals surface area contributed by atoms with Gasteiger partial charge in [0, 0.05) is 30.4 Å². The Kier molecular flexibility index (Phi) is 6.40. The van der Waals surface area contributed by atoms with Crippen LogP contribution in [0.2, 0.25) is 0 Å². The predicted molar refractivity (Wildman–Crippen MR) is 111 cm³/mol. The molecular formula is C21H24FN3OS. The fourth-order valence-electron chi connectivity index (χ4n) is 3.24. The number of rotatable bonds is 4. The lowest BCUT2D eigenvalue weighted by Gasteiger charge is -2.34. The van der Waals surface area contributed by atoms with E-state index in [4.69, 9.17) is 12.2 Å². The first-order chi connectivity index (χ1) is 13.1. The number of likely N-dealkylation sites (tertiary alicyclic amines) is 1. The van der Waals surface area contributed by atoms with E-state index >= 15 is 0 Å². The lowest BCUT2D eigenvalue weighted by molar-refractivity contribution is 0.0922. The first-order valence-electron chi connectivity index (χ1n) is 9.27. The summed E-state index contributed by atoms with van der Waals surface area (Å²) in [6.45, 7) is 3.70. The van der Waals surface area contributed by atoms with Gasteiger partial charge in [0.15, 0.2) is 5.11 Å². The molecule has 2 aromatic rings. The Morgan fingerprint density at radius 2 is 1.81 bits per heavy atom. The molecule has 0 bridgehead atoms. The third-order valence-corrected chi connectivity index (χ3v) is 5.22. The highest BCUT2D eigenvalue weighted by Crippen LogP contribution is 2.18. The highest BCUT2D eigenvalue weighted by molar-refractivity contribution is 7.80. The molecule has 1 amide bonds. The van der Waals surface area contributed by atoms with Crippen molar-refractivity contribution in [3.8, 4) is 0 Å². The Labute approximate surface area is 164 Å². The van der Waals surface area contributed by atoms with Gasteiger partial charge in [-0.15, -0.1) is 0 Å². The van der Waals surface area contributed by atoms with Crippen LogP contribution in [-0.2, 0) is 6.42 Å². The molecule has 0 atom stereocenters. The number of aryl methyl sites for hydroxylation is 1. The van der Waals surface area contributed by atoms with Crippen molar-refractivity contribution in [3.63, 3.8) is 0 Å². The van der Waals surface area contributed by atoms with E-state index in [-0.39, 0.29) is 17.8 Å². The topological polar surface area (TPSA) is 44.4 Å². The van der Waals surface area contributed by atoms with Crippen molar-refractivity contribution in [2.45, 2.75) is 32.2 Å². The lowest BCUT2D eigenvalue weighted by Crippen LogP contribution is -2.47. The van der Waals surface area contributed by atoms with Gasteiger partial charge in [-0.2, -0.15) is 0 Å². The van der Waals surface area contributed by atoms with Gasteiger partial charge in [0.25, 0.3) is 5.91 Å². The van der Waals surface area contributed by atoms with Crippen molar-refractivity contribution < 1.29 is 9.18 Å². The maximum Gasteiger partial charge on any atom is 0.251 e. The van der Waals surface area contributed by atoms with E-state index in [2.05, 4.69) is 28.5 Å². The van der Waals surface area contributed by atoms with Gasteiger partial charge in [-0.25, -0.2) is 4.39 Å². The van der Waals surface area contributed by atoms with Crippen LogP contribution in [0.1, 0.15) is 35.7 Å². The summed E-state index contributed by atoms with van der Waals surface area (Å²) < 4.78 is 13.0. The second-order valence-corrected chi connectivity index (χ2v) is 7.07. The standard InChI is InChI=1S/C21H24FN3OS/c1-2-15-5-3-4-6-19(15)24-21(27)25-13-11-18(12-14-25)23-20(26)16-7-9-17(22)10-8-16/h3-10,18H,2,11-14H2,1H3,(H,23,26)(H,24,27). The number of nitrogens with zero attached hydrogens (tertiary/aromatic N) is 1. The van der Waals surface area contributed by atoms with E-state index in [1.165, 1.54) is 29.8 Å². The first-order valence-corrected chi connectivity index (χ1v) is 9.68. The van der Waals surface area contributed by atoms with Crippen molar-refractivity contribution in [1.29, 1.82) is 0 Å². The van der Waals surface area contributed by atoms with Crippen molar-refractivity contribution in [2.24, 2.45) is 0 Å². The van der Waals surface area contributed by atoms with E-state index in [0.29, 0.717) is 5.56 Å². The minimum Gasteiger partial charge on any atom is -0.349 e. The molecule has 1 fully saturated rings. The predicted octanol–water partition coefficient (Wildman–Crippen LogP) is 3.98. The van der Waals surface area contributed by atoms with Crippen molar-refractivity contribution in [1.82, 2.24) is 10.2 Å². The molecule has 3 rings (SSSR count). The summed E-state index contributed by atoms with van der Waals surface area (Å²) in [6.07, 6.45) is 2.59. The number of para-hydroxylation sites is 1. The van der Waals surface area contributed by atoms with E-state index in [9.17, 15) is 9.18 Å². The molecule has 0 radical (unpaired) electrons.